The Morgan fingerprint density at radius 3 is 3.00 bits per heavy atom. The van der Waals surface area contributed by atoms with Crippen LogP contribution in [0, 0.1) is 0 Å². The summed E-state index contributed by atoms with van der Waals surface area (Å²) in [6, 6.07) is 11.5. The van der Waals surface area contributed by atoms with E-state index in [4.69, 9.17) is 0 Å². The second-order valence-electron chi connectivity index (χ2n) is 4.44. The van der Waals surface area contributed by atoms with E-state index in [-0.39, 0.29) is 5.56 Å². The number of aromatic nitrogens is 1. The van der Waals surface area contributed by atoms with Crippen molar-refractivity contribution in [2.45, 2.75) is 12.3 Å². The highest BCUT2D eigenvalue weighted by atomic mass is 16.1. The van der Waals surface area contributed by atoms with Crippen molar-refractivity contribution in [2.24, 2.45) is 4.99 Å². The third-order valence-electron chi connectivity index (χ3n) is 3.56. The molecule has 0 radical (unpaired) electrons. The molecule has 4 rings (SSSR count). The third-order valence-corrected chi connectivity index (χ3v) is 3.56. The van der Waals surface area contributed by atoms with Crippen LogP contribution in [-0.4, -0.2) is 10.8 Å². The molecule has 2 aliphatic heterocycles. The molecule has 0 saturated carbocycles. The lowest BCUT2D eigenvalue weighted by molar-refractivity contribution is 0.821. The van der Waals surface area contributed by atoms with Crippen LogP contribution in [0.2, 0.25) is 0 Å². The highest BCUT2D eigenvalue weighted by molar-refractivity contribution is 5.74. The molecule has 0 fully saturated rings. The van der Waals surface area contributed by atoms with Gasteiger partial charge < -0.3 is 0 Å². The predicted octanol–water partition coefficient (Wildman–Crippen LogP) is 2.39. The van der Waals surface area contributed by atoms with Crippen molar-refractivity contribution < 1.29 is 0 Å². The van der Waals surface area contributed by atoms with Gasteiger partial charge in [-0.15, -0.1) is 0 Å². The summed E-state index contributed by atoms with van der Waals surface area (Å²) in [4.78, 5) is 16.4. The first-order valence-electron chi connectivity index (χ1n) is 5.74. The van der Waals surface area contributed by atoms with Crippen molar-refractivity contribution in [3.8, 4) is 5.69 Å². The molecule has 2 aliphatic rings. The van der Waals surface area contributed by atoms with Gasteiger partial charge in [0.05, 0.1) is 17.1 Å². The van der Waals surface area contributed by atoms with Crippen LogP contribution in [0.25, 0.3) is 5.69 Å². The first-order valence-corrected chi connectivity index (χ1v) is 5.74. The molecule has 2 aromatic rings. The Morgan fingerprint density at radius 2 is 2.06 bits per heavy atom. The predicted molar refractivity (Wildman–Crippen MR) is 66.7 cm³/mol. The van der Waals surface area contributed by atoms with Crippen molar-refractivity contribution in [3.05, 3.63) is 58.0 Å². The molecule has 17 heavy (non-hydrogen) atoms. The van der Waals surface area contributed by atoms with Gasteiger partial charge in [-0.2, -0.15) is 0 Å². The van der Waals surface area contributed by atoms with E-state index in [2.05, 4.69) is 11.1 Å². The van der Waals surface area contributed by atoms with Crippen molar-refractivity contribution >= 4 is 11.9 Å². The Kier molecular flexibility index (Phi) is 1.55. The largest absolute Gasteiger partial charge is 0.278 e. The van der Waals surface area contributed by atoms with E-state index < -0.39 is 0 Å². The summed E-state index contributed by atoms with van der Waals surface area (Å²) in [6.45, 7) is 0. The van der Waals surface area contributed by atoms with Crippen LogP contribution in [0.3, 0.4) is 0 Å². The zero-order chi connectivity index (χ0) is 11.4. The lowest BCUT2D eigenvalue weighted by Crippen LogP contribution is -2.18. The maximum absolute atomic E-state index is 12.0. The van der Waals surface area contributed by atoms with Crippen molar-refractivity contribution in [1.29, 1.82) is 0 Å². The standard InChI is InChI=1S/C14H10N2O/c17-13-6-5-11-14-10(7-8-15-11)9-3-1-2-4-12(9)16(13)14/h1-6,8,10H,7H2. The zero-order valence-electron chi connectivity index (χ0n) is 9.13. The Bertz CT molecular complexity index is 712. The molecule has 0 saturated heterocycles. The summed E-state index contributed by atoms with van der Waals surface area (Å²) in [5.74, 6) is 0.299. The van der Waals surface area contributed by atoms with Gasteiger partial charge in [0.15, 0.2) is 0 Å². The van der Waals surface area contributed by atoms with Gasteiger partial charge in [-0.3, -0.25) is 14.4 Å². The van der Waals surface area contributed by atoms with Gasteiger partial charge in [-0.25, -0.2) is 0 Å². The summed E-state index contributed by atoms with van der Waals surface area (Å²) < 4.78 is 1.81. The number of hydrogen-bond donors (Lipinski definition) is 0. The maximum atomic E-state index is 12.0. The lowest BCUT2D eigenvalue weighted by atomic mass is 9.92. The van der Waals surface area contributed by atoms with Gasteiger partial charge in [0.25, 0.3) is 5.56 Å². The fraction of sp³-hybridized carbons (Fsp3) is 0.143. The van der Waals surface area contributed by atoms with Crippen LogP contribution in [0.15, 0.2) is 46.2 Å². The van der Waals surface area contributed by atoms with Crippen molar-refractivity contribution in [1.82, 2.24) is 4.57 Å². The Morgan fingerprint density at radius 1 is 1.18 bits per heavy atom. The highest BCUT2D eigenvalue weighted by Crippen LogP contribution is 2.44. The number of para-hydroxylation sites is 1. The summed E-state index contributed by atoms with van der Waals surface area (Å²) in [6.07, 6.45) is 2.83. The van der Waals surface area contributed by atoms with E-state index in [1.807, 2.05) is 35.0 Å². The molecular formula is C14H10N2O. The Labute approximate surface area is 98.1 Å². The summed E-state index contributed by atoms with van der Waals surface area (Å²) in [5, 5.41) is 0. The van der Waals surface area contributed by atoms with Crippen LogP contribution in [0.1, 0.15) is 23.6 Å². The van der Waals surface area contributed by atoms with E-state index in [1.165, 1.54) is 5.56 Å². The van der Waals surface area contributed by atoms with E-state index >= 15 is 0 Å². The zero-order valence-corrected chi connectivity index (χ0v) is 9.13. The SMILES string of the molecule is O=c1ccc2c3n1-c1ccccc1C3CC=N2. The topological polar surface area (TPSA) is 34.4 Å². The van der Waals surface area contributed by atoms with Crippen LogP contribution >= 0.6 is 0 Å². The fourth-order valence-electron chi connectivity index (χ4n) is 2.86. The molecule has 3 heterocycles. The van der Waals surface area contributed by atoms with Crippen LogP contribution in [0.5, 0.6) is 0 Å². The molecule has 0 amide bonds. The first kappa shape index (κ1) is 8.93. The van der Waals surface area contributed by atoms with E-state index in [9.17, 15) is 4.79 Å². The van der Waals surface area contributed by atoms with Gasteiger partial charge in [-0.05, 0) is 24.1 Å². The quantitative estimate of drug-likeness (QED) is 0.674. The van der Waals surface area contributed by atoms with Crippen molar-refractivity contribution in [3.63, 3.8) is 0 Å². The molecule has 0 spiro atoms. The third kappa shape index (κ3) is 1.01. The number of nitrogens with zero attached hydrogens (tertiary/aromatic N) is 2. The number of aliphatic imine (C=N–C) groups is 1. The Balaban J connectivity index is 2.20. The molecule has 3 nitrogen and oxygen atoms in total. The second kappa shape index (κ2) is 2.94. The first-order chi connectivity index (χ1) is 8.36. The fourth-order valence-corrected chi connectivity index (χ4v) is 2.86. The van der Waals surface area contributed by atoms with Crippen LogP contribution in [-0.2, 0) is 0 Å². The molecule has 0 N–H and O–H groups in total. The van der Waals surface area contributed by atoms with E-state index in [1.54, 1.807) is 6.07 Å². The van der Waals surface area contributed by atoms with Gasteiger partial charge in [0, 0.05) is 18.2 Å². The molecule has 0 aliphatic carbocycles. The number of hydrogen-bond acceptors (Lipinski definition) is 2. The molecule has 1 aromatic heterocycles. The minimum atomic E-state index is 0.0378. The van der Waals surface area contributed by atoms with Crippen molar-refractivity contribution in [2.75, 3.05) is 0 Å². The molecule has 1 unspecified atom stereocenters. The van der Waals surface area contributed by atoms with Gasteiger partial charge >= 0.3 is 0 Å². The molecule has 3 heteroatoms. The monoisotopic (exact) mass is 222 g/mol. The molecule has 1 atom stereocenters. The number of rotatable bonds is 0. The van der Waals surface area contributed by atoms with Crippen LogP contribution in [0.4, 0.5) is 5.69 Å². The molecule has 0 bridgehead atoms. The normalized spacial score (nSPS) is 18.9. The van der Waals surface area contributed by atoms with Crippen LogP contribution < -0.4 is 5.56 Å². The maximum Gasteiger partial charge on any atom is 0.255 e. The van der Waals surface area contributed by atoms with Gasteiger partial charge in [0.2, 0.25) is 0 Å². The highest BCUT2D eigenvalue weighted by Gasteiger charge is 2.32. The minimum absolute atomic E-state index is 0.0378. The smallest absolute Gasteiger partial charge is 0.255 e. The summed E-state index contributed by atoms with van der Waals surface area (Å²) in [5.41, 5.74) is 4.28. The number of fused-ring (bicyclic) bond motifs is 3. The number of benzene rings is 1. The number of pyridine rings is 1. The molecular weight excluding hydrogens is 212 g/mol. The van der Waals surface area contributed by atoms with Gasteiger partial charge in [0.1, 0.15) is 0 Å². The minimum Gasteiger partial charge on any atom is -0.278 e. The average Bonchev–Trinajstić information content (AvgIpc) is 2.71. The lowest BCUT2D eigenvalue weighted by Gasteiger charge is -2.15. The summed E-state index contributed by atoms with van der Waals surface area (Å²) in [7, 11) is 0. The summed E-state index contributed by atoms with van der Waals surface area (Å²) >= 11 is 0. The molecule has 1 aromatic carbocycles. The van der Waals surface area contributed by atoms with E-state index in [0.717, 1.165) is 23.5 Å². The average molecular weight is 222 g/mol. The second-order valence-corrected chi connectivity index (χ2v) is 4.44. The Hall–Kier alpha value is -2.16. The van der Waals surface area contributed by atoms with E-state index in [0.29, 0.717) is 5.92 Å². The van der Waals surface area contributed by atoms with Gasteiger partial charge in [-0.1, -0.05) is 18.2 Å². The molecule has 82 valence electrons.